The maximum absolute atomic E-state index is 13.0. The highest BCUT2D eigenvalue weighted by atomic mass is 16.5. The molecule has 0 radical (unpaired) electrons. The summed E-state index contributed by atoms with van der Waals surface area (Å²) in [7, 11) is 0. The van der Waals surface area contributed by atoms with Gasteiger partial charge in [0.25, 0.3) is 11.8 Å². The van der Waals surface area contributed by atoms with E-state index in [4.69, 9.17) is 20.9 Å². The number of benzene rings is 2. The highest BCUT2D eigenvalue weighted by Crippen LogP contribution is 2.32. The van der Waals surface area contributed by atoms with Gasteiger partial charge in [0.2, 0.25) is 0 Å². The van der Waals surface area contributed by atoms with Crippen LogP contribution < -0.4 is 26.0 Å². The Kier molecular flexibility index (Phi) is 5.02. The molecule has 2 aliphatic rings. The van der Waals surface area contributed by atoms with Gasteiger partial charge in [-0.1, -0.05) is 0 Å². The first-order valence-electron chi connectivity index (χ1n) is 9.57. The Hall–Kier alpha value is -3.26. The molecule has 0 aromatic heterocycles. The van der Waals surface area contributed by atoms with Crippen molar-refractivity contribution >= 4 is 34.6 Å². The van der Waals surface area contributed by atoms with Gasteiger partial charge in [0.05, 0.1) is 18.0 Å². The molecule has 0 spiro atoms. The predicted octanol–water partition coefficient (Wildman–Crippen LogP) is 1.79. The number of ether oxygens (including phenoxy) is 2. The first kappa shape index (κ1) is 19.1. The van der Waals surface area contributed by atoms with E-state index in [0.717, 1.165) is 11.4 Å². The predicted molar refractivity (Wildman–Crippen MR) is 111 cm³/mol. The number of rotatable bonds is 4. The number of nitrogens with zero attached hydrogens (tertiary/aromatic N) is 2. The molecule has 0 bridgehead atoms. The van der Waals surface area contributed by atoms with Crippen molar-refractivity contribution in [3.05, 3.63) is 42.5 Å². The molecule has 2 aromatic rings. The molecule has 4 rings (SSSR count). The lowest BCUT2D eigenvalue weighted by atomic mass is 10.2. The molecule has 2 fully saturated rings. The summed E-state index contributed by atoms with van der Waals surface area (Å²) in [5, 5.41) is 0. The second-order valence-corrected chi connectivity index (χ2v) is 7.30. The summed E-state index contributed by atoms with van der Waals surface area (Å²) in [5.41, 5.74) is 14.0. The average molecular weight is 396 g/mol. The van der Waals surface area contributed by atoms with Gasteiger partial charge in [-0.05, 0) is 43.3 Å². The summed E-state index contributed by atoms with van der Waals surface area (Å²) in [6.45, 7) is 3.12. The number of hydrogen-bond acceptors (Lipinski definition) is 6. The molecular formula is C21H24N4O4. The molecular weight excluding hydrogens is 372 g/mol. The van der Waals surface area contributed by atoms with E-state index in [0.29, 0.717) is 36.7 Å². The van der Waals surface area contributed by atoms with Gasteiger partial charge in [-0.3, -0.25) is 9.59 Å². The number of anilines is 4. The van der Waals surface area contributed by atoms with Crippen LogP contribution in [0.25, 0.3) is 0 Å². The van der Waals surface area contributed by atoms with E-state index >= 15 is 0 Å². The lowest BCUT2D eigenvalue weighted by molar-refractivity contribution is -0.125. The highest BCUT2D eigenvalue weighted by Gasteiger charge is 2.39. The minimum absolute atomic E-state index is 0.0190. The largest absolute Gasteiger partial charge is 0.480 e. The van der Waals surface area contributed by atoms with Crippen LogP contribution in [0.15, 0.2) is 42.5 Å². The number of nitrogen functional groups attached to an aromatic ring is 2. The van der Waals surface area contributed by atoms with Crippen molar-refractivity contribution in [2.24, 2.45) is 0 Å². The number of nitrogens with two attached hydrogens (primary N) is 2. The number of carbonyl (C=O) groups is 2. The molecule has 29 heavy (non-hydrogen) atoms. The zero-order valence-corrected chi connectivity index (χ0v) is 16.2. The van der Waals surface area contributed by atoms with Crippen molar-refractivity contribution in [1.29, 1.82) is 0 Å². The zero-order valence-electron chi connectivity index (χ0n) is 16.2. The van der Waals surface area contributed by atoms with E-state index in [2.05, 4.69) is 0 Å². The quantitative estimate of drug-likeness (QED) is 0.762. The lowest BCUT2D eigenvalue weighted by Gasteiger charge is -2.28. The van der Waals surface area contributed by atoms with Crippen LogP contribution in [0.1, 0.15) is 13.3 Å². The first-order chi connectivity index (χ1) is 13.9. The van der Waals surface area contributed by atoms with Crippen LogP contribution in [0.4, 0.5) is 22.7 Å². The van der Waals surface area contributed by atoms with Gasteiger partial charge in [-0.15, -0.1) is 0 Å². The second kappa shape index (κ2) is 7.63. The van der Waals surface area contributed by atoms with Crippen molar-refractivity contribution in [2.75, 3.05) is 41.0 Å². The van der Waals surface area contributed by atoms with E-state index in [1.165, 1.54) is 0 Å². The Labute approximate surface area is 169 Å². The SMILES string of the molecule is CC1CC(Oc2ccc(N)c(N)c2)C(=O)N1c1ccc(N2CCOCC2=O)cc1. The molecule has 2 amide bonds. The topological polar surface area (TPSA) is 111 Å². The molecule has 2 aromatic carbocycles. The van der Waals surface area contributed by atoms with Crippen molar-refractivity contribution < 1.29 is 19.1 Å². The Morgan fingerprint density at radius 3 is 2.45 bits per heavy atom. The van der Waals surface area contributed by atoms with Crippen LogP contribution in [0.5, 0.6) is 5.75 Å². The summed E-state index contributed by atoms with van der Waals surface area (Å²) >= 11 is 0. The Morgan fingerprint density at radius 2 is 1.76 bits per heavy atom. The number of carbonyl (C=O) groups excluding carboxylic acids is 2. The molecule has 152 valence electrons. The van der Waals surface area contributed by atoms with Gasteiger partial charge in [-0.2, -0.15) is 0 Å². The Bertz CT molecular complexity index is 931. The zero-order chi connectivity index (χ0) is 20.5. The molecule has 0 aliphatic carbocycles. The molecule has 2 heterocycles. The fourth-order valence-electron chi connectivity index (χ4n) is 3.74. The first-order valence-corrected chi connectivity index (χ1v) is 9.57. The molecule has 0 saturated carbocycles. The van der Waals surface area contributed by atoms with E-state index in [9.17, 15) is 9.59 Å². The fourth-order valence-corrected chi connectivity index (χ4v) is 3.74. The minimum Gasteiger partial charge on any atom is -0.480 e. The third-order valence-corrected chi connectivity index (χ3v) is 5.27. The van der Waals surface area contributed by atoms with Crippen LogP contribution in [0, 0.1) is 0 Å². The van der Waals surface area contributed by atoms with Crippen molar-refractivity contribution in [3.63, 3.8) is 0 Å². The third-order valence-electron chi connectivity index (χ3n) is 5.27. The van der Waals surface area contributed by atoms with Crippen molar-refractivity contribution in [1.82, 2.24) is 0 Å². The Morgan fingerprint density at radius 1 is 1.03 bits per heavy atom. The summed E-state index contributed by atoms with van der Waals surface area (Å²) in [4.78, 5) is 28.4. The van der Waals surface area contributed by atoms with Gasteiger partial charge < -0.3 is 30.7 Å². The van der Waals surface area contributed by atoms with Crippen LogP contribution in [-0.2, 0) is 14.3 Å². The molecule has 2 saturated heterocycles. The summed E-state index contributed by atoms with van der Waals surface area (Å²) in [6, 6.07) is 12.4. The lowest BCUT2D eigenvalue weighted by Crippen LogP contribution is -2.41. The molecule has 2 unspecified atom stereocenters. The molecule has 2 aliphatic heterocycles. The van der Waals surface area contributed by atoms with E-state index in [1.807, 2.05) is 31.2 Å². The van der Waals surface area contributed by atoms with Crippen molar-refractivity contribution in [3.8, 4) is 5.75 Å². The molecule has 2 atom stereocenters. The fraction of sp³-hybridized carbons (Fsp3) is 0.333. The molecule has 4 N–H and O–H groups in total. The van der Waals surface area contributed by atoms with Gasteiger partial charge >= 0.3 is 0 Å². The van der Waals surface area contributed by atoms with Crippen LogP contribution >= 0.6 is 0 Å². The maximum Gasteiger partial charge on any atom is 0.268 e. The molecule has 8 heteroatoms. The maximum atomic E-state index is 13.0. The Balaban J connectivity index is 1.49. The van der Waals surface area contributed by atoms with Gasteiger partial charge in [0.15, 0.2) is 6.10 Å². The van der Waals surface area contributed by atoms with E-state index in [-0.39, 0.29) is 24.5 Å². The normalized spacial score (nSPS) is 22.2. The van der Waals surface area contributed by atoms with Crippen LogP contribution in [0.2, 0.25) is 0 Å². The minimum atomic E-state index is -0.589. The highest BCUT2D eigenvalue weighted by molar-refractivity contribution is 6.00. The van der Waals surface area contributed by atoms with Crippen LogP contribution in [-0.4, -0.2) is 43.7 Å². The number of amides is 2. The summed E-state index contributed by atoms with van der Waals surface area (Å²) < 4.78 is 11.1. The van der Waals surface area contributed by atoms with Crippen molar-refractivity contribution in [2.45, 2.75) is 25.5 Å². The summed E-state index contributed by atoms with van der Waals surface area (Å²) in [5.74, 6) is 0.347. The van der Waals surface area contributed by atoms with Gasteiger partial charge in [0, 0.05) is 36.4 Å². The summed E-state index contributed by atoms with van der Waals surface area (Å²) in [6.07, 6.45) is -0.0270. The average Bonchev–Trinajstić information content (AvgIpc) is 2.98. The standard InChI is InChI=1S/C21H24N4O4/c1-13-10-19(29-16-6-7-17(22)18(23)11-16)21(27)25(13)15-4-2-14(3-5-15)24-8-9-28-12-20(24)26/h2-7,11,13,19H,8-10,12,22-23H2,1H3. The smallest absolute Gasteiger partial charge is 0.268 e. The number of hydrogen-bond donors (Lipinski definition) is 2. The van der Waals surface area contributed by atoms with E-state index in [1.54, 1.807) is 28.0 Å². The van der Waals surface area contributed by atoms with E-state index < -0.39 is 6.10 Å². The monoisotopic (exact) mass is 396 g/mol. The third kappa shape index (κ3) is 3.71. The molecule has 8 nitrogen and oxygen atoms in total. The van der Waals surface area contributed by atoms with Crippen LogP contribution in [0.3, 0.4) is 0 Å². The van der Waals surface area contributed by atoms with Gasteiger partial charge in [0.1, 0.15) is 12.4 Å². The number of morpholine rings is 1. The van der Waals surface area contributed by atoms with Gasteiger partial charge in [-0.25, -0.2) is 0 Å². The second-order valence-electron chi connectivity index (χ2n) is 7.30.